The molecule has 3 heterocycles. The molecule has 2 bridgehead atoms. The van der Waals surface area contributed by atoms with Crippen LogP contribution in [0.5, 0.6) is 17.5 Å². The summed E-state index contributed by atoms with van der Waals surface area (Å²) in [5.41, 5.74) is 5.27. The molecule has 0 amide bonds. The SMILES string of the molecule is Nc1nc2c3c(n1)OP(=O)(O2)O3. The van der Waals surface area contributed by atoms with Gasteiger partial charge in [-0.1, -0.05) is 0 Å². The minimum absolute atomic E-state index is 0.000463. The summed E-state index contributed by atoms with van der Waals surface area (Å²) < 4.78 is 25.5. The molecule has 1 aromatic heterocycles. The van der Waals surface area contributed by atoms with Crippen molar-refractivity contribution in [3.63, 3.8) is 0 Å². The van der Waals surface area contributed by atoms with Gasteiger partial charge in [0, 0.05) is 0 Å². The van der Waals surface area contributed by atoms with Crippen LogP contribution in [-0.4, -0.2) is 9.97 Å². The highest BCUT2D eigenvalue weighted by atomic mass is 31.2. The molecule has 2 aliphatic heterocycles. The second kappa shape index (κ2) is 1.49. The van der Waals surface area contributed by atoms with Gasteiger partial charge in [0.2, 0.25) is 5.95 Å². The molecular weight excluding hydrogens is 185 g/mol. The Morgan fingerprint density at radius 2 is 1.75 bits per heavy atom. The zero-order chi connectivity index (χ0) is 8.34. The zero-order valence-electron chi connectivity index (χ0n) is 5.55. The predicted octanol–water partition coefficient (Wildman–Crippen LogP) is 0.330. The standard InChI is InChI=1S/C4H2N3O4P/c5-4-6-2-1-3(7-4)11-12(8,9-1)10-2/h(H2,5,6,7). The van der Waals surface area contributed by atoms with Gasteiger partial charge in [-0.25, -0.2) is 0 Å². The second-order valence-electron chi connectivity index (χ2n) is 2.24. The number of hydrogen-bond acceptors (Lipinski definition) is 7. The molecule has 0 spiro atoms. The summed E-state index contributed by atoms with van der Waals surface area (Å²) in [6.07, 6.45) is 0. The Hall–Kier alpha value is -1.49. The maximum Gasteiger partial charge on any atom is 0.650 e. The number of nitrogens with two attached hydrogens (primary N) is 1. The molecule has 0 unspecified atom stereocenters. The van der Waals surface area contributed by atoms with E-state index >= 15 is 0 Å². The van der Waals surface area contributed by atoms with Crippen LogP contribution in [0.2, 0.25) is 0 Å². The van der Waals surface area contributed by atoms with Gasteiger partial charge in [0.25, 0.3) is 17.5 Å². The van der Waals surface area contributed by atoms with E-state index in [1.165, 1.54) is 0 Å². The molecule has 0 aromatic carbocycles. The number of aromatic nitrogens is 2. The van der Waals surface area contributed by atoms with Crippen LogP contribution in [0.25, 0.3) is 0 Å². The molecule has 0 saturated heterocycles. The van der Waals surface area contributed by atoms with E-state index in [0.29, 0.717) is 0 Å². The Kier molecular flexibility index (Phi) is 0.753. The molecule has 7 nitrogen and oxygen atoms in total. The maximum absolute atomic E-state index is 11.2. The number of nitrogens with zero attached hydrogens (tertiary/aromatic N) is 2. The van der Waals surface area contributed by atoms with Crippen LogP contribution in [-0.2, 0) is 4.57 Å². The van der Waals surface area contributed by atoms with Gasteiger partial charge in [0.05, 0.1) is 0 Å². The lowest BCUT2D eigenvalue weighted by Crippen LogP contribution is -2.03. The average molecular weight is 187 g/mol. The molecular formula is C4H2N3O4P. The van der Waals surface area contributed by atoms with Gasteiger partial charge in [0.1, 0.15) is 0 Å². The molecule has 12 heavy (non-hydrogen) atoms. The number of fused-ring (bicyclic) bond motifs is 1. The normalized spacial score (nSPS) is 19.7. The molecule has 2 aliphatic rings. The monoisotopic (exact) mass is 187 g/mol. The van der Waals surface area contributed by atoms with Crippen LogP contribution in [0.15, 0.2) is 0 Å². The van der Waals surface area contributed by atoms with Crippen molar-refractivity contribution in [3.8, 4) is 17.5 Å². The summed E-state index contributed by atoms with van der Waals surface area (Å²) in [5.74, 6) is 0.354. The summed E-state index contributed by atoms with van der Waals surface area (Å²) in [6, 6.07) is 0. The van der Waals surface area contributed by atoms with Crippen LogP contribution in [0.3, 0.4) is 0 Å². The van der Waals surface area contributed by atoms with E-state index in [1.807, 2.05) is 0 Å². The van der Waals surface area contributed by atoms with Crippen LogP contribution in [0.4, 0.5) is 5.95 Å². The lowest BCUT2D eigenvalue weighted by atomic mass is 10.5. The number of anilines is 1. The predicted molar refractivity (Wildman–Crippen MR) is 35.9 cm³/mol. The lowest BCUT2D eigenvalue weighted by molar-refractivity contribution is 0.346. The van der Waals surface area contributed by atoms with Gasteiger partial charge in [-0.05, 0) is 0 Å². The first-order chi connectivity index (χ1) is 5.66. The number of rotatable bonds is 0. The Balaban J connectivity index is 2.36. The quantitative estimate of drug-likeness (QED) is 0.584. The summed E-state index contributed by atoms with van der Waals surface area (Å²) in [6.45, 7) is 0. The average Bonchev–Trinajstić information content (AvgIpc) is 2.37. The molecule has 2 N–H and O–H groups in total. The first kappa shape index (κ1) is 6.07. The highest BCUT2D eigenvalue weighted by Gasteiger charge is 2.52. The highest BCUT2D eigenvalue weighted by Crippen LogP contribution is 2.67. The van der Waals surface area contributed by atoms with Crippen LogP contribution < -0.4 is 19.3 Å². The van der Waals surface area contributed by atoms with E-state index in [1.54, 1.807) is 0 Å². The fraction of sp³-hybridized carbons (Fsp3) is 0. The van der Waals surface area contributed by atoms with Crippen LogP contribution >= 0.6 is 7.82 Å². The maximum atomic E-state index is 11.2. The van der Waals surface area contributed by atoms with E-state index in [2.05, 4.69) is 9.97 Å². The van der Waals surface area contributed by atoms with E-state index in [4.69, 9.17) is 19.3 Å². The molecule has 0 fully saturated rings. The fourth-order valence-corrected chi connectivity index (χ4v) is 2.17. The molecule has 62 valence electrons. The minimum Gasteiger partial charge on any atom is -0.374 e. The van der Waals surface area contributed by atoms with E-state index in [9.17, 15) is 4.57 Å². The Labute approximate surface area is 66.1 Å². The van der Waals surface area contributed by atoms with Crippen molar-refractivity contribution in [2.75, 3.05) is 5.73 Å². The minimum atomic E-state index is -3.45. The summed E-state index contributed by atoms with van der Waals surface area (Å²) in [5, 5.41) is 0. The zero-order valence-corrected chi connectivity index (χ0v) is 6.45. The van der Waals surface area contributed by atoms with Crippen molar-refractivity contribution in [3.05, 3.63) is 0 Å². The van der Waals surface area contributed by atoms with Crippen molar-refractivity contribution < 1.29 is 18.1 Å². The highest BCUT2D eigenvalue weighted by molar-refractivity contribution is 7.50. The van der Waals surface area contributed by atoms with Crippen molar-refractivity contribution in [1.82, 2.24) is 9.97 Å². The lowest BCUT2D eigenvalue weighted by Gasteiger charge is -2.07. The smallest absolute Gasteiger partial charge is 0.374 e. The first-order valence-electron chi connectivity index (χ1n) is 3.03. The van der Waals surface area contributed by atoms with Crippen molar-refractivity contribution >= 4 is 13.8 Å². The van der Waals surface area contributed by atoms with E-state index < -0.39 is 7.82 Å². The molecule has 1 aromatic rings. The third kappa shape index (κ3) is 0.551. The van der Waals surface area contributed by atoms with E-state index in [-0.39, 0.29) is 23.5 Å². The largest absolute Gasteiger partial charge is 0.650 e. The van der Waals surface area contributed by atoms with Crippen molar-refractivity contribution in [2.45, 2.75) is 0 Å². The number of nitrogen functional groups attached to an aromatic ring is 1. The summed E-state index contributed by atoms with van der Waals surface area (Å²) >= 11 is 0. The topological polar surface area (TPSA) is 96.6 Å². The van der Waals surface area contributed by atoms with Crippen molar-refractivity contribution in [1.29, 1.82) is 0 Å². The molecule has 0 aliphatic carbocycles. The molecule has 0 saturated carbocycles. The fourth-order valence-electron chi connectivity index (χ4n) is 1.01. The van der Waals surface area contributed by atoms with Crippen LogP contribution in [0.1, 0.15) is 0 Å². The number of hydrogen-bond donors (Lipinski definition) is 1. The third-order valence-corrected chi connectivity index (χ3v) is 2.62. The third-order valence-electron chi connectivity index (χ3n) is 1.42. The van der Waals surface area contributed by atoms with E-state index in [0.717, 1.165) is 0 Å². The van der Waals surface area contributed by atoms with Gasteiger partial charge >= 0.3 is 7.82 Å². The summed E-state index contributed by atoms with van der Waals surface area (Å²) in [7, 11) is -3.45. The van der Waals surface area contributed by atoms with Gasteiger partial charge in [-0.3, -0.25) is 0 Å². The number of phosphoric acid groups is 1. The van der Waals surface area contributed by atoms with Gasteiger partial charge in [0.15, 0.2) is 0 Å². The first-order valence-corrected chi connectivity index (χ1v) is 4.49. The Morgan fingerprint density at radius 3 is 2.25 bits per heavy atom. The summed E-state index contributed by atoms with van der Waals surface area (Å²) in [4.78, 5) is 7.31. The van der Waals surface area contributed by atoms with Gasteiger partial charge in [-0.15, -0.1) is 0 Å². The molecule has 0 atom stereocenters. The second-order valence-corrected chi connectivity index (χ2v) is 3.68. The Bertz CT molecular complexity index is 401. The molecule has 3 rings (SSSR count). The number of phosphoric ester groups is 1. The van der Waals surface area contributed by atoms with Gasteiger partial charge in [-0.2, -0.15) is 14.5 Å². The van der Waals surface area contributed by atoms with Crippen LogP contribution in [0, 0.1) is 0 Å². The van der Waals surface area contributed by atoms with Crippen molar-refractivity contribution in [2.24, 2.45) is 0 Å². The molecule has 8 heteroatoms. The Morgan fingerprint density at radius 1 is 1.17 bits per heavy atom. The molecule has 0 radical (unpaired) electrons. The van der Waals surface area contributed by atoms with Gasteiger partial charge < -0.3 is 19.3 Å².